The van der Waals surface area contributed by atoms with Crippen molar-refractivity contribution in [3.05, 3.63) is 55.5 Å². The Morgan fingerprint density at radius 2 is 1.97 bits per heavy atom. The molecule has 0 radical (unpaired) electrons. The highest BCUT2D eigenvalue weighted by Gasteiger charge is 2.20. The minimum Gasteiger partial charge on any atom is -0.495 e. The number of methoxy groups -OCH3 is 1. The van der Waals surface area contributed by atoms with E-state index in [9.17, 15) is 4.79 Å². The Morgan fingerprint density at radius 1 is 1.18 bits per heavy atom. The fourth-order valence-corrected chi connectivity index (χ4v) is 5.82. The van der Waals surface area contributed by atoms with Crippen LogP contribution in [0.5, 0.6) is 5.75 Å². The zero-order valence-electron chi connectivity index (χ0n) is 18.8. The van der Waals surface area contributed by atoms with Crippen molar-refractivity contribution in [3.63, 3.8) is 0 Å². The molecule has 1 fully saturated rings. The molecule has 6 nitrogen and oxygen atoms in total. The smallest absolute Gasteiger partial charge is 0.254 e. The van der Waals surface area contributed by atoms with Crippen LogP contribution in [0.15, 0.2) is 28.2 Å². The maximum Gasteiger partial charge on any atom is 0.254 e. The average molecular weight is 507 g/mol. The van der Waals surface area contributed by atoms with Crippen molar-refractivity contribution >= 4 is 35.0 Å². The number of aromatic nitrogens is 4. The molecule has 1 aliphatic carbocycles. The number of hydrogen-bond donors (Lipinski definition) is 2. The van der Waals surface area contributed by atoms with Crippen molar-refractivity contribution in [3.8, 4) is 17.0 Å². The van der Waals surface area contributed by atoms with E-state index in [1.54, 1.807) is 19.2 Å². The number of aromatic amines is 2. The molecule has 2 aromatic heterocycles. The van der Waals surface area contributed by atoms with E-state index in [1.165, 1.54) is 43.9 Å². The maximum absolute atomic E-state index is 12.7. The quantitative estimate of drug-likeness (QED) is 0.270. The zero-order valence-corrected chi connectivity index (χ0v) is 21.2. The van der Waals surface area contributed by atoms with E-state index >= 15 is 0 Å². The molecule has 0 amide bonds. The lowest BCUT2D eigenvalue weighted by Crippen LogP contribution is -2.21. The molecule has 0 atom stereocenters. The highest BCUT2D eigenvalue weighted by molar-refractivity contribution is 7.98. The average Bonchev–Trinajstić information content (AvgIpc) is 3.18. The molecule has 2 N–H and O–H groups in total. The normalized spacial score (nSPS) is 14.5. The van der Waals surface area contributed by atoms with Crippen LogP contribution in [0.4, 0.5) is 0 Å². The number of ether oxygens (including phenoxy) is 1. The Labute approximate surface area is 207 Å². The number of halogens is 2. The standard InChI is InChI=1S/C24H28Cl2N4O2S/c1-3-16-18(11-14-7-5-4-6-8-14)27-24(28-23(16)31)33-13-19-21(26)22(30-29-19)15-9-10-20(32-2)17(25)12-15/h9-10,12,14H,3-8,11,13H2,1-2H3,(H,29,30)(H,27,28,31). The van der Waals surface area contributed by atoms with Crippen LogP contribution in [0.3, 0.4) is 0 Å². The summed E-state index contributed by atoms with van der Waals surface area (Å²) >= 11 is 14.3. The Kier molecular flexibility index (Phi) is 8.04. The lowest BCUT2D eigenvalue weighted by molar-refractivity contribution is 0.352. The van der Waals surface area contributed by atoms with Gasteiger partial charge in [-0.2, -0.15) is 5.10 Å². The first-order valence-corrected chi connectivity index (χ1v) is 13.1. The van der Waals surface area contributed by atoms with Gasteiger partial charge in [0.05, 0.1) is 34.2 Å². The summed E-state index contributed by atoms with van der Waals surface area (Å²) < 4.78 is 5.21. The Bertz CT molecular complexity index is 1170. The molecule has 0 unspecified atom stereocenters. The second kappa shape index (κ2) is 11.0. The van der Waals surface area contributed by atoms with Crippen molar-refractivity contribution in [2.24, 2.45) is 5.92 Å². The first kappa shape index (κ1) is 24.2. The molecule has 3 aromatic rings. The summed E-state index contributed by atoms with van der Waals surface area (Å²) in [6.07, 6.45) is 7.88. The van der Waals surface area contributed by atoms with Gasteiger partial charge in [0.1, 0.15) is 5.75 Å². The largest absolute Gasteiger partial charge is 0.495 e. The maximum atomic E-state index is 12.7. The number of H-pyrrole nitrogens is 2. The van der Waals surface area contributed by atoms with Gasteiger partial charge >= 0.3 is 0 Å². The SMILES string of the molecule is CCc1c(CC2CCCCC2)nc(SCc2n[nH]c(-c3ccc(OC)c(Cl)c3)c2Cl)[nH]c1=O. The van der Waals surface area contributed by atoms with Crippen LogP contribution in [-0.2, 0) is 18.6 Å². The minimum atomic E-state index is -0.0394. The molecule has 1 aliphatic rings. The third-order valence-corrected chi connectivity index (χ3v) is 7.79. The zero-order chi connectivity index (χ0) is 23.4. The molecule has 176 valence electrons. The van der Waals surface area contributed by atoms with Crippen LogP contribution in [0.2, 0.25) is 10.0 Å². The Hall–Kier alpha value is -1.96. The Balaban J connectivity index is 1.51. The molecular formula is C24H28Cl2N4O2S. The van der Waals surface area contributed by atoms with Crippen LogP contribution >= 0.6 is 35.0 Å². The van der Waals surface area contributed by atoms with Gasteiger partial charge in [-0.3, -0.25) is 9.89 Å². The number of rotatable bonds is 8. The number of nitrogens with one attached hydrogen (secondary N) is 2. The summed E-state index contributed by atoms with van der Waals surface area (Å²) in [5, 5.41) is 9.01. The molecule has 0 spiro atoms. The van der Waals surface area contributed by atoms with E-state index in [4.69, 9.17) is 32.9 Å². The number of hydrogen-bond acceptors (Lipinski definition) is 5. The minimum absolute atomic E-state index is 0.0394. The van der Waals surface area contributed by atoms with E-state index in [-0.39, 0.29) is 5.56 Å². The van der Waals surface area contributed by atoms with E-state index in [1.807, 2.05) is 13.0 Å². The third-order valence-electron chi connectivity index (χ3n) is 6.20. The summed E-state index contributed by atoms with van der Waals surface area (Å²) in [5.41, 5.74) is 3.92. The third kappa shape index (κ3) is 5.58. The van der Waals surface area contributed by atoms with Crippen LogP contribution in [-0.4, -0.2) is 27.3 Å². The van der Waals surface area contributed by atoms with Gasteiger partial charge in [0.25, 0.3) is 5.56 Å². The highest BCUT2D eigenvalue weighted by atomic mass is 35.5. The fraction of sp³-hybridized carbons (Fsp3) is 0.458. The lowest BCUT2D eigenvalue weighted by atomic mass is 9.85. The molecule has 0 saturated heterocycles. The van der Waals surface area contributed by atoms with Gasteiger partial charge in [0.2, 0.25) is 0 Å². The summed E-state index contributed by atoms with van der Waals surface area (Å²) in [6.45, 7) is 2.01. The van der Waals surface area contributed by atoms with Gasteiger partial charge in [-0.25, -0.2) is 4.98 Å². The number of thioether (sulfide) groups is 1. The van der Waals surface area contributed by atoms with Crippen molar-refractivity contribution in [2.45, 2.75) is 62.8 Å². The molecular weight excluding hydrogens is 479 g/mol. The second-order valence-corrected chi connectivity index (χ2v) is 10.1. The van der Waals surface area contributed by atoms with Crippen LogP contribution < -0.4 is 10.3 Å². The van der Waals surface area contributed by atoms with E-state index in [0.717, 1.165) is 23.2 Å². The summed E-state index contributed by atoms with van der Waals surface area (Å²) in [4.78, 5) is 20.5. The number of benzene rings is 1. The fourth-order valence-electron chi connectivity index (χ4n) is 4.40. The Morgan fingerprint density at radius 3 is 2.67 bits per heavy atom. The molecule has 2 heterocycles. The van der Waals surface area contributed by atoms with Crippen molar-refractivity contribution in [1.82, 2.24) is 20.2 Å². The second-order valence-electron chi connectivity index (χ2n) is 8.36. The predicted octanol–water partition coefficient (Wildman–Crippen LogP) is 6.45. The van der Waals surface area contributed by atoms with Crippen LogP contribution in [0.25, 0.3) is 11.3 Å². The van der Waals surface area contributed by atoms with Gasteiger partial charge in [-0.15, -0.1) is 0 Å². The first-order chi connectivity index (χ1) is 16.0. The molecule has 4 rings (SSSR count). The van der Waals surface area contributed by atoms with Gasteiger partial charge in [-0.05, 0) is 37.0 Å². The molecule has 9 heteroatoms. The van der Waals surface area contributed by atoms with Crippen LogP contribution in [0, 0.1) is 5.92 Å². The molecule has 1 saturated carbocycles. The van der Waals surface area contributed by atoms with Crippen molar-refractivity contribution < 1.29 is 4.74 Å². The molecule has 1 aromatic carbocycles. The summed E-state index contributed by atoms with van der Waals surface area (Å²) in [6, 6.07) is 5.46. The predicted molar refractivity (Wildman–Crippen MR) is 135 cm³/mol. The van der Waals surface area contributed by atoms with Crippen LogP contribution in [0.1, 0.15) is 56.0 Å². The lowest BCUT2D eigenvalue weighted by Gasteiger charge is -2.22. The van der Waals surface area contributed by atoms with E-state index in [0.29, 0.717) is 50.4 Å². The van der Waals surface area contributed by atoms with E-state index < -0.39 is 0 Å². The first-order valence-electron chi connectivity index (χ1n) is 11.3. The molecule has 0 bridgehead atoms. The molecule has 0 aliphatic heterocycles. The molecule has 33 heavy (non-hydrogen) atoms. The van der Waals surface area contributed by atoms with Gasteiger partial charge < -0.3 is 9.72 Å². The monoisotopic (exact) mass is 506 g/mol. The van der Waals surface area contributed by atoms with Gasteiger partial charge in [0, 0.05) is 16.9 Å². The number of nitrogens with zero attached hydrogens (tertiary/aromatic N) is 2. The van der Waals surface area contributed by atoms with E-state index in [2.05, 4.69) is 15.2 Å². The van der Waals surface area contributed by atoms with Crippen molar-refractivity contribution in [2.75, 3.05) is 7.11 Å². The van der Waals surface area contributed by atoms with Gasteiger partial charge in [-0.1, -0.05) is 74.0 Å². The van der Waals surface area contributed by atoms with Crippen molar-refractivity contribution in [1.29, 1.82) is 0 Å². The summed E-state index contributed by atoms with van der Waals surface area (Å²) in [5.74, 6) is 1.70. The topological polar surface area (TPSA) is 83.7 Å². The van der Waals surface area contributed by atoms with Gasteiger partial charge in [0.15, 0.2) is 5.16 Å². The highest BCUT2D eigenvalue weighted by Crippen LogP contribution is 2.35. The summed E-state index contributed by atoms with van der Waals surface area (Å²) in [7, 11) is 1.57.